The minimum atomic E-state index is -0.191. The Bertz CT molecular complexity index is 441. The van der Waals surface area contributed by atoms with Gasteiger partial charge in [-0.15, -0.1) is 0 Å². The number of nitrogens with zero attached hydrogens (tertiary/aromatic N) is 1. The normalized spacial score (nSPS) is 11.2. The number of methoxy groups -OCH3 is 1. The number of carbonyl (C=O) groups excluding carboxylic acids is 1. The monoisotopic (exact) mass is 250 g/mol. The third-order valence-electron chi connectivity index (χ3n) is 3.57. The smallest absolute Gasteiger partial charge is 0.256 e. The topological polar surface area (TPSA) is 55.6 Å². The summed E-state index contributed by atoms with van der Waals surface area (Å²) >= 11 is 0. The quantitative estimate of drug-likeness (QED) is 0.835. The average Bonchev–Trinajstić information content (AvgIpc) is 2.36. The zero-order valence-corrected chi connectivity index (χ0v) is 11.8. The van der Waals surface area contributed by atoms with Crippen LogP contribution in [0.1, 0.15) is 37.6 Å². The summed E-state index contributed by atoms with van der Waals surface area (Å²) in [7, 11) is 3.37. The van der Waals surface area contributed by atoms with Crippen LogP contribution in [0.25, 0.3) is 0 Å². The Hall–Kier alpha value is -1.71. The first-order chi connectivity index (χ1) is 8.33. The van der Waals surface area contributed by atoms with Crippen LogP contribution in [0.5, 0.6) is 5.75 Å². The van der Waals surface area contributed by atoms with E-state index in [0.29, 0.717) is 17.0 Å². The maximum absolute atomic E-state index is 12.4. The molecule has 0 unspecified atom stereocenters. The van der Waals surface area contributed by atoms with Crippen molar-refractivity contribution in [1.82, 2.24) is 4.90 Å². The molecule has 0 aliphatic rings. The zero-order chi connectivity index (χ0) is 13.9. The van der Waals surface area contributed by atoms with Crippen LogP contribution in [0, 0.1) is 0 Å². The summed E-state index contributed by atoms with van der Waals surface area (Å²) in [5.74, 6) is 0.587. The Balaban J connectivity index is 3.04. The van der Waals surface area contributed by atoms with Crippen LogP contribution in [0.3, 0.4) is 0 Å². The molecule has 0 spiro atoms. The molecule has 1 aromatic rings. The van der Waals surface area contributed by atoms with Crippen LogP contribution < -0.4 is 10.5 Å². The molecule has 0 saturated heterocycles. The Morgan fingerprint density at radius 3 is 2.50 bits per heavy atom. The summed E-state index contributed by atoms with van der Waals surface area (Å²) in [6.45, 7) is 6.12. The van der Waals surface area contributed by atoms with Gasteiger partial charge in [0, 0.05) is 24.3 Å². The number of benzene rings is 1. The maximum atomic E-state index is 12.4. The highest BCUT2D eigenvalue weighted by molar-refractivity contribution is 5.99. The van der Waals surface area contributed by atoms with E-state index in [1.165, 1.54) is 0 Å². The molecule has 0 heterocycles. The lowest BCUT2D eigenvalue weighted by Gasteiger charge is -2.35. The maximum Gasteiger partial charge on any atom is 0.256 e. The molecule has 2 N–H and O–H groups in total. The second-order valence-corrected chi connectivity index (χ2v) is 4.98. The molecule has 0 aliphatic heterocycles. The van der Waals surface area contributed by atoms with Gasteiger partial charge in [-0.3, -0.25) is 4.79 Å². The Morgan fingerprint density at radius 2 is 2.06 bits per heavy atom. The standard InChI is InChI=1S/C14H22N2O2/c1-6-14(2,3)16(4)13(17)11-8-7-10(18-5)9-12(11)15/h7-9H,6,15H2,1-5H3. The lowest BCUT2D eigenvalue weighted by atomic mass is 9.98. The summed E-state index contributed by atoms with van der Waals surface area (Å²) in [6.07, 6.45) is 0.880. The molecule has 4 heteroatoms. The van der Waals surface area contributed by atoms with Gasteiger partial charge >= 0.3 is 0 Å². The molecule has 18 heavy (non-hydrogen) atoms. The number of hydrogen-bond donors (Lipinski definition) is 1. The van der Waals surface area contributed by atoms with E-state index in [2.05, 4.69) is 6.92 Å². The lowest BCUT2D eigenvalue weighted by molar-refractivity contribution is 0.0621. The first-order valence-corrected chi connectivity index (χ1v) is 6.05. The van der Waals surface area contributed by atoms with Crippen LogP contribution >= 0.6 is 0 Å². The van der Waals surface area contributed by atoms with Crippen LogP contribution in [-0.4, -0.2) is 30.5 Å². The minimum absolute atomic E-state index is 0.0676. The minimum Gasteiger partial charge on any atom is -0.497 e. The van der Waals surface area contributed by atoms with Gasteiger partial charge in [0.05, 0.1) is 12.7 Å². The van der Waals surface area contributed by atoms with Gasteiger partial charge in [0.25, 0.3) is 5.91 Å². The number of rotatable bonds is 4. The summed E-state index contributed by atoms with van der Waals surface area (Å²) in [4.78, 5) is 14.1. The van der Waals surface area contributed by atoms with E-state index < -0.39 is 0 Å². The molecule has 0 aromatic heterocycles. The molecule has 1 aromatic carbocycles. The predicted molar refractivity (Wildman–Crippen MR) is 73.9 cm³/mol. The fraction of sp³-hybridized carbons (Fsp3) is 0.500. The molecule has 1 rings (SSSR count). The van der Waals surface area contributed by atoms with Gasteiger partial charge in [-0.25, -0.2) is 0 Å². The molecule has 0 atom stereocenters. The van der Waals surface area contributed by atoms with Crippen molar-refractivity contribution in [1.29, 1.82) is 0 Å². The number of nitrogen functional groups attached to an aromatic ring is 1. The number of nitrogens with two attached hydrogens (primary N) is 1. The molecule has 0 radical (unpaired) electrons. The van der Waals surface area contributed by atoms with Gasteiger partial charge in [0.15, 0.2) is 0 Å². The van der Waals surface area contributed by atoms with Gasteiger partial charge < -0.3 is 15.4 Å². The second-order valence-electron chi connectivity index (χ2n) is 4.98. The number of anilines is 1. The largest absolute Gasteiger partial charge is 0.497 e. The summed E-state index contributed by atoms with van der Waals surface area (Å²) in [5.41, 5.74) is 6.66. The highest BCUT2D eigenvalue weighted by Gasteiger charge is 2.27. The van der Waals surface area contributed by atoms with Crippen LogP contribution in [0.15, 0.2) is 18.2 Å². The van der Waals surface area contributed by atoms with E-state index in [-0.39, 0.29) is 11.4 Å². The first kappa shape index (κ1) is 14.4. The van der Waals surface area contributed by atoms with E-state index in [4.69, 9.17) is 10.5 Å². The van der Waals surface area contributed by atoms with Crippen molar-refractivity contribution in [2.75, 3.05) is 19.9 Å². The SMILES string of the molecule is CCC(C)(C)N(C)C(=O)c1ccc(OC)cc1N. The average molecular weight is 250 g/mol. The summed E-state index contributed by atoms with van der Waals surface area (Å²) in [6, 6.07) is 5.12. The van der Waals surface area contributed by atoms with Crippen molar-refractivity contribution in [2.24, 2.45) is 0 Å². The Kier molecular flexibility index (Phi) is 4.22. The number of hydrogen-bond acceptors (Lipinski definition) is 3. The second kappa shape index (κ2) is 5.29. The van der Waals surface area contributed by atoms with E-state index in [1.54, 1.807) is 37.3 Å². The third-order valence-corrected chi connectivity index (χ3v) is 3.57. The fourth-order valence-electron chi connectivity index (χ4n) is 1.56. The molecule has 4 nitrogen and oxygen atoms in total. The molecule has 1 amide bonds. The van der Waals surface area contributed by atoms with Crippen molar-refractivity contribution in [2.45, 2.75) is 32.7 Å². The van der Waals surface area contributed by atoms with E-state index in [0.717, 1.165) is 6.42 Å². The molecule has 0 saturated carbocycles. The predicted octanol–water partition coefficient (Wildman–Crippen LogP) is 2.54. The lowest BCUT2D eigenvalue weighted by Crippen LogP contribution is -2.44. The van der Waals surface area contributed by atoms with Crippen LogP contribution in [0.2, 0.25) is 0 Å². The zero-order valence-electron chi connectivity index (χ0n) is 11.8. The van der Waals surface area contributed by atoms with Crippen LogP contribution in [0.4, 0.5) is 5.69 Å². The number of carbonyl (C=O) groups is 1. The first-order valence-electron chi connectivity index (χ1n) is 6.05. The Morgan fingerprint density at radius 1 is 1.44 bits per heavy atom. The van der Waals surface area contributed by atoms with Crippen molar-refractivity contribution >= 4 is 11.6 Å². The van der Waals surface area contributed by atoms with Gasteiger partial charge in [0.2, 0.25) is 0 Å². The molecule has 0 fully saturated rings. The Labute approximate surface area is 109 Å². The molecular formula is C14H22N2O2. The highest BCUT2D eigenvalue weighted by Crippen LogP contribution is 2.24. The summed E-state index contributed by atoms with van der Waals surface area (Å²) < 4.78 is 5.07. The van der Waals surface area contributed by atoms with Crippen LogP contribution in [-0.2, 0) is 0 Å². The van der Waals surface area contributed by atoms with E-state index in [9.17, 15) is 4.79 Å². The highest BCUT2D eigenvalue weighted by atomic mass is 16.5. The molecule has 100 valence electrons. The number of amides is 1. The van der Waals surface area contributed by atoms with Crippen molar-refractivity contribution in [3.05, 3.63) is 23.8 Å². The van der Waals surface area contributed by atoms with Crippen molar-refractivity contribution in [3.8, 4) is 5.75 Å². The van der Waals surface area contributed by atoms with E-state index >= 15 is 0 Å². The number of ether oxygens (including phenoxy) is 1. The third kappa shape index (κ3) is 2.75. The fourth-order valence-corrected chi connectivity index (χ4v) is 1.56. The van der Waals surface area contributed by atoms with Gasteiger partial charge in [-0.05, 0) is 32.4 Å². The van der Waals surface area contributed by atoms with Gasteiger partial charge in [-0.1, -0.05) is 6.92 Å². The van der Waals surface area contributed by atoms with Gasteiger partial charge in [-0.2, -0.15) is 0 Å². The van der Waals surface area contributed by atoms with E-state index in [1.807, 2.05) is 13.8 Å². The molecule has 0 bridgehead atoms. The molecule has 0 aliphatic carbocycles. The molecular weight excluding hydrogens is 228 g/mol. The van der Waals surface area contributed by atoms with Gasteiger partial charge in [0.1, 0.15) is 5.75 Å². The van der Waals surface area contributed by atoms with Crippen molar-refractivity contribution in [3.63, 3.8) is 0 Å². The van der Waals surface area contributed by atoms with Crippen molar-refractivity contribution < 1.29 is 9.53 Å². The summed E-state index contributed by atoms with van der Waals surface area (Å²) in [5, 5.41) is 0.